The SMILES string of the molecule is C=C(C)c1cccc(C(C)(C)[NH])c1. The first kappa shape index (κ1) is 10.0. The van der Waals surface area contributed by atoms with Crippen LogP contribution in [0, 0.1) is 0 Å². The fourth-order valence-electron chi connectivity index (χ4n) is 1.17. The minimum atomic E-state index is -0.522. The van der Waals surface area contributed by atoms with E-state index in [4.69, 9.17) is 5.73 Å². The summed E-state index contributed by atoms with van der Waals surface area (Å²) in [5, 5.41) is 0. The monoisotopic (exact) mass is 174 g/mol. The minimum Gasteiger partial charge on any atom is -0.247 e. The summed E-state index contributed by atoms with van der Waals surface area (Å²) in [7, 11) is 0. The summed E-state index contributed by atoms with van der Waals surface area (Å²) in [6, 6.07) is 8.03. The molecule has 0 spiro atoms. The van der Waals surface area contributed by atoms with E-state index >= 15 is 0 Å². The maximum Gasteiger partial charge on any atom is 0.0516 e. The van der Waals surface area contributed by atoms with Crippen molar-refractivity contribution in [2.24, 2.45) is 0 Å². The molecule has 0 heterocycles. The molecule has 1 N–H and O–H groups in total. The first-order valence-corrected chi connectivity index (χ1v) is 4.42. The van der Waals surface area contributed by atoms with Crippen LogP contribution in [0.4, 0.5) is 0 Å². The normalized spacial score (nSPS) is 11.4. The average Bonchev–Trinajstić information content (AvgIpc) is 2.03. The quantitative estimate of drug-likeness (QED) is 0.657. The van der Waals surface area contributed by atoms with Crippen molar-refractivity contribution in [3.63, 3.8) is 0 Å². The Morgan fingerprint density at radius 3 is 2.46 bits per heavy atom. The lowest BCUT2D eigenvalue weighted by molar-refractivity contribution is 0.532. The van der Waals surface area contributed by atoms with E-state index in [1.807, 2.05) is 45.0 Å². The molecule has 0 aliphatic heterocycles. The molecule has 0 aliphatic carbocycles. The fourth-order valence-corrected chi connectivity index (χ4v) is 1.17. The molecule has 0 atom stereocenters. The molecule has 69 valence electrons. The van der Waals surface area contributed by atoms with Crippen LogP contribution in [0.5, 0.6) is 0 Å². The van der Waals surface area contributed by atoms with E-state index in [1.54, 1.807) is 0 Å². The summed E-state index contributed by atoms with van der Waals surface area (Å²) in [6.45, 7) is 9.66. The van der Waals surface area contributed by atoms with Crippen LogP contribution in [0.25, 0.3) is 5.57 Å². The molecule has 0 saturated carbocycles. The zero-order chi connectivity index (χ0) is 10.1. The van der Waals surface area contributed by atoms with Crippen molar-refractivity contribution in [2.75, 3.05) is 0 Å². The first-order chi connectivity index (χ1) is 5.91. The van der Waals surface area contributed by atoms with E-state index in [9.17, 15) is 0 Å². The minimum absolute atomic E-state index is 0.522. The Morgan fingerprint density at radius 2 is 2.00 bits per heavy atom. The van der Waals surface area contributed by atoms with Crippen LogP contribution in [0.15, 0.2) is 30.8 Å². The summed E-state index contributed by atoms with van der Waals surface area (Å²) in [6.07, 6.45) is 0. The lowest BCUT2D eigenvalue weighted by Crippen LogP contribution is -2.17. The zero-order valence-electron chi connectivity index (χ0n) is 8.52. The number of hydrogen-bond acceptors (Lipinski definition) is 0. The van der Waals surface area contributed by atoms with Crippen LogP contribution >= 0.6 is 0 Å². The lowest BCUT2D eigenvalue weighted by atomic mass is 9.93. The largest absolute Gasteiger partial charge is 0.247 e. The molecule has 1 radical (unpaired) electrons. The van der Waals surface area contributed by atoms with Gasteiger partial charge in [-0.25, -0.2) is 5.73 Å². The van der Waals surface area contributed by atoms with E-state index in [1.165, 1.54) is 0 Å². The molecule has 0 amide bonds. The molecule has 13 heavy (non-hydrogen) atoms. The second-order valence-electron chi connectivity index (χ2n) is 3.99. The summed E-state index contributed by atoms with van der Waals surface area (Å²) in [4.78, 5) is 0. The summed E-state index contributed by atoms with van der Waals surface area (Å²) in [5.74, 6) is 0. The number of benzene rings is 1. The van der Waals surface area contributed by atoms with Gasteiger partial charge in [0.05, 0.1) is 5.54 Å². The van der Waals surface area contributed by atoms with Crippen LogP contribution < -0.4 is 5.73 Å². The maximum atomic E-state index is 7.88. The third-order valence-electron chi connectivity index (χ3n) is 2.08. The van der Waals surface area contributed by atoms with Gasteiger partial charge in [0.15, 0.2) is 0 Å². The Kier molecular flexibility index (Phi) is 2.58. The highest BCUT2D eigenvalue weighted by molar-refractivity contribution is 5.62. The van der Waals surface area contributed by atoms with Crippen molar-refractivity contribution in [3.05, 3.63) is 42.0 Å². The standard InChI is InChI=1S/C12H16N/c1-9(2)10-6-5-7-11(8-10)12(3,4)13/h5-8,13H,1H2,2-4H3. The van der Waals surface area contributed by atoms with Crippen LogP contribution in [-0.4, -0.2) is 0 Å². The Labute approximate surface area is 80.3 Å². The molecule has 0 aromatic heterocycles. The molecule has 0 unspecified atom stereocenters. The highest BCUT2D eigenvalue weighted by Gasteiger charge is 2.14. The first-order valence-electron chi connectivity index (χ1n) is 4.42. The van der Waals surface area contributed by atoms with E-state index in [-0.39, 0.29) is 0 Å². The predicted octanol–water partition coefficient (Wildman–Crippen LogP) is 3.24. The molecule has 1 rings (SSSR count). The summed E-state index contributed by atoms with van der Waals surface area (Å²) in [5.41, 5.74) is 10.6. The van der Waals surface area contributed by atoms with Gasteiger partial charge in [0, 0.05) is 0 Å². The van der Waals surface area contributed by atoms with Crippen LogP contribution in [-0.2, 0) is 5.54 Å². The lowest BCUT2D eigenvalue weighted by Gasteiger charge is -2.18. The molecule has 0 bridgehead atoms. The molecule has 1 heteroatoms. The molecule has 0 aliphatic rings. The van der Waals surface area contributed by atoms with Crippen molar-refractivity contribution in [3.8, 4) is 0 Å². The van der Waals surface area contributed by atoms with Gasteiger partial charge in [0.2, 0.25) is 0 Å². The Bertz CT molecular complexity index is 318. The van der Waals surface area contributed by atoms with Crippen molar-refractivity contribution in [1.29, 1.82) is 0 Å². The second-order valence-corrected chi connectivity index (χ2v) is 3.99. The molecular weight excluding hydrogens is 158 g/mol. The molecular formula is C12H16N. The average molecular weight is 174 g/mol. The third kappa shape index (κ3) is 2.43. The molecule has 1 aromatic carbocycles. The van der Waals surface area contributed by atoms with Gasteiger partial charge in [-0.15, -0.1) is 0 Å². The van der Waals surface area contributed by atoms with Crippen LogP contribution in [0.2, 0.25) is 0 Å². The van der Waals surface area contributed by atoms with Gasteiger partial charge in [-0.3, -0.25) is 0 Å². The smallest absolute Gasteiger partial charge is 0.0516 e. The summed E-state index contributed by atoms with van der Waals surface area (Å²) >= 11 is 0. The number of allylic oxidation sites excluding steroid dienone is 1. The van der Waals surface area contributed by atoms with Crippen molar-refractivity contribution < 1.29 is 0 Å². The molecule has 0 fully saturated rings. The fraction of sp³-hybridized carbons (Fsp3) is 0.333. The van der Waals surface area contributed by atoms with Crippen LogP contribution in [0.1, 0.15) is 31.9 Å². The highest BCUT2D eigenvalue weighted by Crippen LogP contribution is 2.22. The van der Waals surface area contributed by atoms with Gasteiger partial charge in [0.1, 0.15) is 0 Å². The van der Waals surface area contributed by atoms with Crippen molar-refractivity contribution in [1.82, 2.24) is 5.73 Å². The van der Waals surface area contributed by atoms with E-state index < -0.39 is 5.54 Å². The topological polar surface area (TPSA) is 23.8 Å². The van der Waals surface area contributed by atoms with E-state index in [0.717, 1.165) is 16.7 Å². The van der Waals surface area contributed by atoms with E-state index in [0.29, 0.717) is 0 Å². The number of nitrogens with one attached hydrogen (secondary N) is 1. The van der Waals surface area contributed by atoms with E-state index in [2.05, 4.69) is 6.58 Å². The Morgan fingerprint density at radius 1 is 1.38 bits per heavy atom. The predicted molar refractivity (Wildman–Crippen MR) is 57.3 cm³/mol. The van der Waals surface area contributed by atoms with Gasteiger partial charge in [-0.2, -0.15) is 0 Å². The molecule has 0 saturated heterocycles. The van der Waals surface area contributed by atoms with Gasteiger partial charge < -0.3 is 0 Å². The van der Waals surface area contributed by atoms with Gasteiger partial charge in [0.25, 0.3) is 0 Å². The van der Waals surface area contributed by atoms with Crippen LogP contribution in [0.3, 0.4) is 0 Å². The van der Waals surface area contributed by atoms with Gasteiger partial charge >= 0.3 is 0 Å². The third-order valence-corrected chi connectivity index (χ3v) is 2.08. The number of rotatable bonds is 2. The van der Waals surface area contributed by atoms with Gasteiger partial charge in [-0.05, 0) is 38.0 Å². The van der Waals surface area contributed by atoms with Crippen molar-refractivity contribution >= 4 is 5.57 Å². The zero-order valence-corrected chi connectivity index (χ0v) is 8.52. The summed E-state index contributed by atoms with van der Waals surface area (Å²) < 4.78 is 0. The molecule has 1 nitrogen and oxygen atoms in total. The van der Waals surface area contributed by atoms with Crippen molar-refractivity contribution in [2.45, 2.75) is 26.3 Å². The molecule has 1 aromatic rings. The highest BCUT2D eigenvalue weighted by atomic mass is 14.7. The number of hydrogen-bond donors (Lipinski definition) is 0. The Balaban J connectivity index is 3.13. The Hall–Kier alpha value is -1.08. The second kappa shape index (κ2) is 3.35. The maximum absolute atomic E-state index is 7.88. The van der Waals surface area contributed by atoms with Gasteiger partial charge in [-0.1, -0.05) is 30.4 Å².